The van der Waals surface area contributed by atoms with Gasteiger partial charge in [-0.1, -0.05) is 319 Å². The molecule has 476 valence electrons. The number of ether oxygens (including phenoxy) is 2. The van der Waals surface area contributed by atoms with E-state index in [1.807, 2.05) is 6.08 Å². The highest BCUT2D eigenvalue weighted by Gasteiger charge is 2.44. The molecule has 0 aromatic rings. The summed E-state index contributed by atoms with van der Waals surface area (Å²) in [5.41, 5.74) is 0. The number of carbonyl (C=O) groups is 1. The number of carbonyl (C=O) groups excluding carboxylic acids is 1. The number of allylic oxidation sites excluding steroid dienone is 7. The average Bonchev–Trinajstić information content (AvgIpc) is 3.47. The fourth-order valence-corrected chi connectivity index (χ4v) is 11.3. The van der Waals surface area contributed by atoms with Gasteiger partial charge >= 0.3 is 0 Å². The Bertz CT molecular complexity index is 1420. The fourth-order valence-electron chi connectivity index (χ4n) is 11.3. The van der Waals surface area contributed by atoms with Gasteiger partial charge < -0.3 is 40.3 Å². The molecule has 1 fully saturated rings. The lowest BCUT2D eigenvalue weighted by Gasteiger charge is -2.40. The second kappa shape index (κ2) is 61.2. The Morgan fingerprint density at radius 1 is 0.407 bits per heavy atom. The van der Waals surface area contributed by atoms with E-state index in [2.05, 4.69) is 55.6 Å². The molecule has 0 bridgehead atoms. The van der Waals surface area contributed by atoms with Crippen LogP contribution in [-0.2, 0) is 14.3 Å². The van der Waals surface area contributed by atoms with Crippen LogP contribution in [0.25, 0.3) is 0 Å². The first kappa shape index (κ1) is 77.2. The Morgan fingerprint density at radius 2 is 0.704 bits per heavy atom. The molecule has 1 rings (SSSR count). The zero-order valence-electron chi connectivity index (χ0n) is 53.3. The van der Waals surface area contributed by atoms with Crippen molar-refractivity contribution in [3.8, 4) is 0 Å². The first-order chi connectivity index (χ1) is 39.8. The van der Waals surface area contributed by atoms with Gasteiger partial charge in [0.1, 0.15) is 24.4 Å². The van der Waals surface area contributed by atoms with Crippen LogP contribution in [0, 0.1) is 0 Å². The predicted octanol–water partition coefficient (Wildman–Crippen LogP) is 19.2. The molecule has 0 aromatic carbocycles. The molecule has 9 nitrogen and oxygen atoms in total. The lowest BCUT2D eigenvalue weighted by atomic mass is 9.99. The number of nitrogens with one attached hydrogen (secondary N) is 1. The fraction of sp³-hybridized carbons (Fsp3) is 0.875. The Hall–Kier alpha value is -1.85. The van der Waals surface area contributed by atoms with Crippen molar-refractivity contribution >= 4 is 5.91 Å². The van der Waals surface area contributed by atoms with Crippen molar-refractivity contribution in [3.05, 3.63) is 48.6 Å². The number of amides is 1. The van der Waals surface area contributed by atoms with Gasteiger partial charge in [-0.2, -0.15) is 0 Å². The van der Waals surface area contributed by atoms with Crippen molar-refractivity contribution in [2.45, 2.75) is 391 Å². The molecule has 1 saturated heterocycles. The van der Waals surface area contributed by atoms with Crippen molar-refractivity contribution in [1.29, 1.82) is 0 Å². The standard InChI is InChI=1S/C72H135NO8/c1-3-5-7-9-11-13-15-17-19-21-23-25-27-28-29-30-31-32-33-34-35-36-37-38-40-42-44-46-48-50-52-54-56-58-60-62-68(76)73-65(64-80-72-71(79)70(78)69(77)67(63-74)81-72)66(75)61-59-57-55-53-51-49-47-45-43-41-39-26-24-22-20-18-16-14-12-10-8-6-4-2/h30-31,43,45,51,53,59,61,65-67,69-72,74-75,77-79H,3-29,32-42,44,46-50,52,54-58,60,62-64H2,1-2H3,(H,73,76)/b31-30-,45-43+,53-51+,61-59+. The summed E-state index contributed by atoms with van der Waals surface area (Å²) in [7, 11) is 0. The maximum absolute atomic E-state index is 13.1. The molecule has 7 atom stereocenters. The van der Waals surface area contributed by atoms with Gasteiger partial charge in [0.05, 0.1) is 25.4 Å². The first-order valence-electron chi connectivity index (χ1n) is 35.4. The van der Waals surface area contributed by atoms with Crippen molar-refractivity contribution < 1.29 is 39.8 Å². The first-order valence-corrected chi connectivity index (χ1v) is 35.4. The van der Waals surface area contributed by atoms with E-state index in [-0.39, 0.29) is 12.5 Å². The van der Waals surface area contributed by atoms with E-state index in [0.717, 1.165) is 44.9 Å². The van der Waals surface area contributed by atoms with Crippen LogP contribution in [0.1, 0.15) is 348 Å². The molecule has 81 heavy (non-hydrogen) atoms. The van der Waals surface area contributed by atoms with Crippen molar-refractivity contribution in [1.82, 2.24) is 5.32 Å². The molecular weight excluding hydrogens is 1010 g/mol. The summed E-state index contributed by atoms with van der Waals surface area (Å²) in [6.07, 6.45) is 76.6. The summed E-state index contributed by atoms with van der Waals surface area (Å²) in [6.45, 7) is 3.80. The highest BCUT2D eigenvalue weighted by atomic mass is 16.7. The highest BCUT2D eigenvalue weighted by Crippen LogP contribution is 2.23. The van der Waals surface area contributed by atoms with E-state index in [0.29, 0.717) is 6.42 Å². The quantitative estimate of drug-likeness (QED) is 0.0261. The SMILES string of the molecule is CCCCCCCCCCCCCCC/C=C/CC/C=C/CC/C=C/C(O)C(COC1OC(CO)C(O)C(O)C1O)NC(=O)CCCCCCCCCCCCCCCCCCC/C=C\CCCCCCCCCCCCCCCC. The summed E-state index contributed by atoms with van der Waals surface area (Å²) in [5.74, 6) is -0.185. The third-order valence-electron chi connectivity index (χ3n) is 16.9. The summed E-state index contributed by atoms with van der Waals surface area (Å²) in [6, 6.07) is -0.829. The molecule has 1 aliphatic heterocycles. The zero-order chi connectivity index (χ0) is 58.6. The minimum atomic E-state index is -1.58. The van der Waals surface area contributed by atoms with Crippen LogP contribution in [0.2, 0.25) is 0 Å². The van der Waals surface area contributed by atoms with Gasteiger partial charge in [-0.05, 0) is 70.6 Å². The van der Waals surface area contributed by atoms with E-state index < -0.39 is 49.5 Å². The van der Waals surface area contributed by atoms with Gasteiger partial charge in [0.15, 0.2) is 6.29 Å². The van der Waals surface area contributed by atoms with Crippen LogP contribution < -0.4 is 5.32 Å². The van der Waals surface area contributed by atoms with Gasteiger partial charge in [-0.25, -0.2) is 0 Å². The Kier molecular flexibility index (Phi) is 58.3. The maximum atomic E-state index is 13.1. The van der Waals surface area contributed by atoms with Gasteiger partial charge in [-0.15, -0.1) is 0 Å². The molecule has 1 heterocycles. The Morgan fingerprint density at radius 3 is 1.04 bits per heavy atom. The molecule has 7 unspecified atom stereocenters. The van der Waals surface area contributed by atoms with Crippen molar-refractivity contribution in [2.75, 3.05) is 13.2 Å². The summed E-state index contributed by atoms with van der Waals surface area (Å²) in [5, 5.41) is 54.7. The van der Waals surface area contributed by atoms with Gasteiger partial charge in [0, 0.05) is 6.42 Å². The molecule has 6 N–H and O–H groups in total. The number of hydrogen-bond donors (Lipinski definition) is 6. The second-order valence-corrected chi connectivity index (χ2v) is 24.7. The van der Waals surface area contributed by atoms with E-state index in [9.17, 15) is 30.3 Å². The molecule has 1 aliphatic rings. The molecule has 0 radical (unpaired) electrons. The maximum Gasteiger partial charge on any atom is 0.220 e. The minimum Gasteiger partial charge on any atom is -0.394 e. The predicted molar refractivity (Wildman–Crippen MR) is 346 cm³/mol. The van der Waals surface area contributed by atoms with Crippen LogP contribution in [0.15, 0.2) is 48.6 Å². The van der Waals surface area contributed by atoms with Crippen LogP contribution in [0.4, 0.5) is 0 Å². The number of hydrogen-bond acceptors (Lipinski definition) is 8. The lowest BCUT2D eigenvalue weighted by molar-refractivity contribution is -0.302. The monoisotopic (exact) mass is 1140 g/mol. The second-order valence-electron chi connectivity index (χ2n) is 24.7. The van der Waals surface area contributed by atoms with Gasteiger partial charge in [0.25, 0.3) is 0 Å². The number of unbranched alkanes of at least 4 members (excludes halogenated alkanes) is 46. The molecule has 9 heteroatoms. The Labute approximate surface area is 501 Å². The molecule has 0 saturated carbocycles. The lowest BCUT2D eigenvalue weighted by Crippen LogP contribution is -2.60. The normalized spacial score (nSPS) is 18.6. The molecule has 1 amide bonds. The average molecular weight is 1140 g/mol. The van der Waals surface area contributed by atoms with Crippen LogP contribution in [0.3, 0.4) is 0 Å². The summed E-state index contributed by atoms with van der Waals surface area (Å²) in [4.78, 5) is 13.1. The number of aliphatic hydroxyl groups excluding tert-OH is 5. The minimum absolute atomic E-state index is 0.185. The largest absolute Gasteiger partial charge is 0.394 e. The molecule has 0 aromatic heterocycles. The highest BCUT2D eigenvalue weighted by molar-refractivity contribution is 5.76. The third kappa shape index (κ3) is 50.1. The summed E-state index contributed by atoms with van der Waals surface area (Å²) < 4.78 is 11.3. The van der Waals surface area contributed by atoms with Crippen LogP contribution in [-0.4, -0.2) is 87.5 Å². The van der Waals surface area contributed by atoms with E-state index in [4.69, 9.17) is 9.47 Å². The smallest absolute Gasteiger partial charge is 0.220 e. The van der Waals surface area contributed by atoms with E-state index in [1.54, 1.807) is 6.08 Å². The molecule has 0 aliphatic carbocycles. The molecule has 0 spiro atoms. The van der Waals surface area contributed by atoms with E-state index in [1.165, 1.54) is 283 Å². The van der Waals surface area contributed by atoms with Crippen LogP contribution in [0.5, 0.6) is 0 Å². The topological polar surface area (TPSA) is 149 Å². The van der Waals surface area contributed by atoms with Crippen molar-refractivity contribution in [3.63, 3.8) is 0 Å². The van der Waals surface area contributed by atoms with Crippen LogP contribution >= 0.6 is 0 Å². The van der Waals surface area contributed by atoms with E-state index >= 15 is 0 Å². The van der Waals surface area contributed by atoms with Gasteiger partial charge in [-0.3, -0.25) is 4.79 Å². The number of rotatable bonds is 62. The van der Waals surface area contributed by atoms with Gasteiger partial charge in [0.2, 0.25) is 5.91 Å². The zero-order valence-corrected chi connectivity index (χ0v) is 53.3. The third-order valence-corrected chi connectivity index (χ3v) is 16.9. The van der Waals surface area contributed by atoms with Crippen molar-refractivity contribution in [2.24, 2.45) is 0 Å². The molecular formula is C72H135NO8. The Balaban J connectivity index is 2.12. The number of aliphatic hydroxyl groups is 5. The summed E-state index contributed by atoms with van der Waals surface area (Å²) >= 11 is 0.